The number of aromatic carboxylic acids is 1. The largest absolute Gasteiger partial charge is 0.478 e. The molecule has 0 amide bonds. The lowest BCUT2D eigenvalue weighted by Gasteiger charge is -2.38. The standard InChI is InChI=1S/C13H17ClN2O3/c14-11-8-15-12(7-10(11)13(18)19)16(5-2-6-17)9-3-1-4-9/h7-9,17H,1-6H2,(H,18,19). The van der Waals surface area contributed by atoms with Gasteiger partial charge in [0.05, 0.1) is 10.6 Å². The Morgan fingerprint density at radius 1 is 1.53 bits per heavy atom. The second-order valence-electron chi connectivity index (χ2n) is 4.68. The first-order valence-corrected chi connectivity index (χ1v) is 6.77. The Labute approximate surface area is 116 Å². The first-order chi connectivity index (χ1) is 9.13. The summed E-state index contributed by atoms with van der Waals surface area (Å²) in [6.45, 7) is 0.789. The van der Waals surface area contributed by atoms with Crippen LogP contribution in [-0.2, 0) is 0 Å². The van der Waals surface area contributed by atoms with Crippen LogP contribution in [0.1, 0.15) is 36.0 Å². The van der Waals surface area contributed by atoms with E-state index in [-0.39, 0.29) is 17.2 Å². The lowest BCUT2D eigenvalue weighted by molar-refractivity contribution is 0.0697. The van der Waals surface area contributed by atoms with Gasteiger partial charge in [-0.2, -0.15) is 0 Å². The van der Waals surface area contributed by atoms with E-state index in [2.05, 4.69) is 9.88 Å². The van der Waals surface area contributed by atoms with E-state index in [9.17, 15) is 4.79 Å². The topological polar surface area (TPSA) is 73.7 Å². The second-order valence-corrected chi connectivity index (χ2v) is 5.09. The lowest BCUT2D eigenvalue weighted by atomic mass is 9.91. The Morgan fingerprint density at radius 3 is 2.79 bits per heavy atom. The van der Waals surface area contributed by atoms with E-state index < -0.39 is 5.97 Å². The molecule has 0 atom stereocenters. The van der Waals surface area contributed by atoms with Gasteiger partial charge in [-0.15, -0.1) is 0 Å². The molecule has 104 valence electrons. The number of rotatable bonds is 6. The number of aliphatic hydroxyl groups is 1. The van der Waals surface area contributed by atoms with Crippen LogP contribution in [0.25, 0.3) is 0 Å². The summed E-state index contributed by atoms with van der Waals surface area (Å²) in [5, 5.41) is 18.2. The molecule has 2 N–H and O–H groups in total. The highest BCUT2D eigenvalue weighted by molar-refractivity contribution is 6.33. The predicted molar refractivity (Wildman–Crippen MR) is 72.9 cm³/mol. The minimum atomic E-state index is -1.05. The van der Waals surface area contributed by atoms with Crippen LogP contribution in [0.5, 0.6) is 0 Å². The Hall–Kier alpha value is -1.33. The van der Waals surface area contributed by atoms with Crippen LogP contribution in [-0.4, -0.2) is 40.4 Å². The van der Waals surface area contributed by atoms with E-state index in [1.807, 2.05) is 0 Å². The molecule has 1 heterocycles. The quantitative estimate of drug-likeness (QED) is 0.837. The van der Waals surface area contributed by atoms with Gasteiger partial charge in [0.15, 0.2) is 0 Å². The molecular formula is C13H17ClN2O3. The average Bonchev–Trinajstić information content (AvgIpc) is 2.32. The number of nitrogens with zero attached hydrogens (tertiary/aromatic N) is 2. The number of hydrogen-bond donors (Lipinski definition) is 2. The molecule has 5 nitrogen and oxygen atoms in total. The van der Waals surface area contributed by atoms with Crippen molar-refractivity contribution in [2.75, 3.05) is 18.1 Å². The molecule has 0 radical (unpaired) electrons. The van der Waals surface area contributed by atoms with Gasteiger partial charge in [-0.1, -0.05) is 11.6 Å². The SMILES string of the molecule is O=C(O)c1cc(N(CCCO)C2CCC2)ncc1Cl. The maximum Gasteiger partial charge on any atom is 0.337 e. The van der Waals surface area contributed by atoms with Gasteiger partial charge in [0, 0.05) is 25.4 Å². The van der Waals surface area contributed by atoms with E-state index in [1.165, 1.54) is 18.7 Å². The summed E-state index contributed by atoms with van der Waals surface area (Å²) in [4.78, 5) is 17.4. The van der Waals surface area contributed by atoms with Crippen LogP contribution in [0.4, 0.5) is 5.82 Å². The second kappa shape index (κ2) is 6.21. The maximum atomic E-state index is 11.1. The summed E-state index contributed by atoms with van der Waals surface area (Å²) < 4.78 is 0. The molecule has 0 bridgehead atoms. The number of hydrogen-bond acceptors (Lipinski definition) is 4. The van der Waals surface area contributed by atoms with E-state index in [4.69, 9.17) is 21.8 Å². The van der Waals surface area contributed by atoms with Gasteiger partial charge < -0.3 is 15.1 Å². The highest BCUT2D eigenvalue weighted by Crippen LogP contribution is 2.30. The monoisotopic (exact) mass is 284 g/mol. The molecule has 0 spiro atoms. The van der Waals surface area contributed by atoms with Crippen molar-refractivity contribution in [1.82, 2.24) is 4.98 Å². The number of carbonyl (C=O) groups is 1. The number of aromatic nitrogens is 1. The van der Waals surface area contributed by atoms with Gasteiger partial charge in [0.1, 0.15) is 5.82 Å². The van der Waals surface area contributed by atoms with Crippen LogP contribution in [0, 0.1) is 0 Å². The van der Waals surface area contributed by atoms with Crippen LogP contribution >= 0.6 is 11.6 Å². The molecule has 1 aliphatic rings. The summed E-state index contributed by atoms with van der Waals surface area (Å²) in [6, 6.07) is 1.90. The number of carboxylic acids is 1. The third-order valence-corrected chi connectivity index (χ3v) is 3.74. The van der Waals surface area contributed by atoms with Crippen molar-refractivity contribution >= 4 is 23.4 Å². The van der Waals surface area contributed by atoms with Crippen LogP contribution < -0.4 is 4.90 Å². The van der Waals surface area contributed by atoms with Crippen LogP contribution in [0.15, 0.2) is 12.3 Å². The normalized spacial score (nSPS) is 15.1. The predicted octanol–water partition coefficient (Wildman–Crippen LogP) is 2.17. The van der Waals surface area contributed by atoms with Crippen molar-refractivity contribution in [2.24, 2.45) is 0 Å². The molecule has 1 aliphatic carbocycles. The van der Waals surface area contributed by atoms with Crippen molar-refractivity contribution < 1.29 is 15.0 Å². The Morgan fingerprint density at radius 2 is 2.26 bits per heavy atom. The molecule has 0 aliphatic heterocycles. The Bertz CT molecular complexity index is 463. The van der Waals surface area contributed by atoms with Gasteiger partial charge >= 0.3 is 5.97 Å². The third kappa shape index (κ3) is 3.16. The Balaban J connectivity index is 2.24. The molecule has 0 aromatic carbocycles. The zero-order chi connectivity index (χ0) is 13.8. The number of pyridine rings is 1. The van der Waals surface area contributed by atoms with Crippen molar-refractivity contribution in [1.29, 1.82) is 0 Å². The van der Waals surface area contributed by atoms with E-state index in [0.717, 1.165) is 12.8 Å². The third-order valence-electron chi connectivity index (χ3n) is 3.44. The molecule has 19 heavy (non-hydrogen) atoms. The van der Waals surface area contributed by atoms with Gasteiger partial charge in [-0.3, -0.25) is 0 Å². The fourth-order valence-corrected chi connectivity index (χ4v) is 2.36. The molecule has 6 heteroatoms. The van der Waals surface area contributed by atoms with Crippen molar-refractivity contribution in [3.05, 3.63) is 22.8 Å². The van der Waals surface area contributed by atoms with Crippen LogP contribution in [0.2, 0.25) is 5.02 Å². The molecule has 1 saturated carbocycles. The van der Waals surface area contributed by atoms with Gasteiger partial charge in [-0.25, -0.2) is 9.78 Å². The van der Waals surface area contributed by atoms with Gasteiger partial charge in [0.25, 0.3) is 0 Å². The van der Waals surface area contributed by atoms with E-state index in [1.54, 1.807) is 0 Å². The molecule has 1 fully saturated rings. The van der Waals surface area contributed by atoms with E-state index in [0.29, 0.717) is 24.8 Å². The fraction of sp³-hybridized carbons (Fsp3) is 0.538. The first kappa shape index (κ1) is 14.1. The first-order valence-electron chi connectivity index (χ1n) is 6.40. The zero-order valence-electron chi connectivity index (χ0n) is 10.5. The molecular weight excluding hydrogens is 268 g/mol. The molecule has 0 unspecified atom stereocenters. The number of carboxylic acid groups (broad SMARTS) is 1. The summed E-state index contributed by atoms with van der Waals surface area (Å²) in [5.74, 6) is -0.427. The Kier molecular flexibility index (Phi) is 4.61. The van der Waals surface area contributed by atoms with Crippen molar-refractivity contribution in [2.45, 2.75) is 31.7 Å². The maximum absolute atomic E-state index is 11.1. The molecule has 1 aromatic heterocycles. The smallest absolute Gasteiger partial charge is 0.337 e. The summed E-state index contributed by atoms with van der Waals surface area (Å²) in [6.07, 6.45) is 5.37. The highest BCUT2D eigenvalue weighted by atomic mass is 35.5. The van der Waals surface area contributed by atoms with E-state index >= 15 is 0 Å². The van der Waals surface area contributed by atoms with Crippen LogP contribution in [0.3, 0.4) is 0 Å². The molecule has 2 rings (SSSR count). The van der Waals surface area contributed by atoms with Crippen molar-refractivity contribution in [3.8, 4) is 0 Å². The lowest BCUT2D eigenvalue weighted by Crippen LogP contribution is -2.41. The van der Waals surface area contributed by atoms with Crippen molar-refractivity contribution in [3.63, 3.8) is 0 Å². The molecule has 1 aromatic rings. The highest BCUT2D eigenvalue weighted by Gasteiger charge is 2.26. The zero-order valence-corrected chi connectivity index (χ0v) is 11.3. The summed E-state index contributed by atoms with van der Waals surface area (Å²) in [5.41, 5.74) is 0.0694. The minimum absolute atomic E-state index is 0.0694. The van der Waals surface area contributed by atoms with Gasteiger partial charge in [-0.05, 0) is 31.7 Å². The summed E-state index contributed by atoms with van der Waals surface area (Å²) >= 11 is 5.83. The fourth-order valence-electron chi connectivity index (χ4n) is 2.17. The number of aliphatic hydroxyl groups excluding tert-OH is 1. The summed E-state index contributed by atoms with van der Waals surface area (Å²) in [7, 11) is 0. The average molecular weight is 285 g/mol. The number of halogens is 1. The minimum Gasteiger partial charge on any atom is -0.478 e. The number of anilines is 1. The van der Waals surface area contributed by atoms with Gasteiger partial charge in [0.2, 0.25) is 0 Å². The molecule has 0 saturated heterocycles.